The van der Waals surface area contributed by atoms with E-state index in [1.807, 2.05) is 0 Å². The maximum absolute atomic E-state index is 2.33. The minimum absolute atomic E-state index is 0.621. The average molecular weight is 348 g/mol. The normalized spacial score (nSPS) is 16.9. The van der Waals surface area contributed by atoms with Gasteiger partial charge in [-0.25, -0.2) is 0 Å². The molecule has 3 rings (SSSR count). The Balaban J connectivity index is 2.24. The fourth-order valence-corrected chi connectivity index (χ4v) is 16.8. The molecule has 70 valence electrons. The summed E-state index contributed by atoms with van der Waals surface area (Å²) >= 11 is 1.26. The van der Waals surface area contributed by atoms with Crippen molar-refractivity contribution in [3.63, 3.8) is 0 Å². The predicted octanol–water partition coefficient (Wildman–Crippen LogP) is 2.95. The molecule has 0 amide bonds. The van der Waals surface area contributed by atoms with Gasteiger partial charge in [0.05, 0.1) is 0 Å². The number of hydrogen-bond acceptors (Lipinski definition) is 2. The monoisotopic (exact) mass is 350 g/mol. The number of rotatable bonds is 0. The summed E-state index contributed by atoms with van der Waals surface area (Å²) in [6.07, 6.45) is 13.3. The maximum atomic E-state index is 2.33. The van der Waals surface area contributed by atoms with Crippen LogP contribution < -0.4 is 0 Å². The van der Waals surface area contributed by atoms with Gasteiger partial charge in [-0.3, -0.25) is 0 Å². The van der Waals surface area contributed by atoms with E-state index < -0.39 is 0 Å². The average Bonchev–Trinajstić information content (AvgIpc) is 2.85. The quantitative estimate of drug-likeness (QED) is 0.500. The Labute approximate surface area is 99.9 Å². The Morgan fingerprint density at radius 2 is 1.64 bits per heavy atom. The van der Waals surface area contributed by atoms with Crippen LogP contribution in [0.1, 0.15) is 8.87 Å². The van der Waals surface area contributed by atoms with Gasteiger partial charge in [-0.1, -0.05) is 0 Å². The van der Waals surface area contributed by atoms with Gasteiger partial charge in [0.1, 0.15) is 0 Å². The second-order valence-corrected chi connectivity index (χ2v) is 13.4. The summed E-state index contributed by atoms with van der Waals surface area (Å²) in [6, 6.07) is 0. The Kier molecular flexibility index (Phi) is 2.67. The Morgan fingerprint density at radius 1 is 0.857 bits per heavy atom. The molecule has 0 unspecified atom stereocenters. The third-order valence-corrected chi connectivity index (χ3v) is 16.8. The van der Waals surface area contributed by atoms with Crippen molar-refractivity contribution in [3.05, 3.63) is 44.8 Å². The van der Waals surface area contributed by atoms with Crippen molar-refractivity contribution in [2.45, 2.75) is 0 Å². The zero-order valence-electron chi connectivity index (χ0n) is 7.10. The van der Waals surface area contributed by atoms with Crippen molar-refractivity contribution in [1.82, 2.24) is 0 Å². The summed E-state index contributed by atoms with van der Waals surface area (Å²) in [7, 11) is 4.12. The molecule has 0 fully saturated rings. The van der Waals surface area contributed by atoms with Crippen molar-refractivity contribution < 1.29 is 0 Å². The van der Waals surface area contributed by atoms with Gasteiger partial charge in [-0.15, -0.1) is 0 Å². The summed E-state index contributed by atoms with van der Waals surface area (Å²) in [5.74, 6) is 0. The van der Waals surface area contributed by atoms with Gasteiger partial charge in [0.2, 0.25) is 0 Å². The molecular weight excluding hydrogens is 342 g/mol. The van der Waals surface area contributed by atoms with E-state index in [0.29, 0.717) is 26.7 Å². The first-order valence-electron chi connectivity index (χ1n) is 4.15. The summed E-state index contributed by atoms with van der Waals surface area (Å²) in [5, 5.41) is 0. The summed E-state index contributed by atoms with van der Waals surface area (Å²) in [6.45, 7) is 0. The zero-order chi connectivity index (χ0) is 9.38. The van der Waals surface area contributed by atoms with E-state index in [-0.39, 0.29) is 0 Å². The first kappa shape index (κ1) is 9.41. The van der Waals surface area contributed by atoms with Gasteiger partial charge in [0.15, 0.2) is 0 Å². The molecule has 14 heavy (non-hydrogen) atoms. The zero-order valence-corrected chi connectivity index (χ0v) is 12.2. The SMILES string of the molecule is C1=CC(=C2C=Cc3[se]ss[se]c32)C=C1. The van der Waals surface area contributed by atoms with Crippen LogP contribution >= 0.6 is 17.4 Å². The molecule has 2 aliphatic carbocycles. The van der Waals surface area contributed by atoms with Crippen LogP contribution in [0.4, 0.5) is 0 Å². The Hall–Kier alpha value is 0.179. The summed E-state index contributed by atoms with van der Waals surface area (Å²) < 4.78 is 3.27. The van der Waals surface area contributed by atoms with Crippen molar-refractivity contribution >= 4 is 55.8 Å². The van der Waals surface area contributed by atoms with Crippen LogP contribution in [0.25, 0.3) is 11.6 Å². The molecular formula is C10H6S2Se2. The topological polar surface area (TPSA) is 0 Å². The second kappa shape index (κ2) is 3.97. The number of allylic oxidation sites excluding steroid dienone is 7. The van der Waals surface area contributed by atoms with Gasteiger partial charge in [-0.2, -0.15) is 0 Å². The number of fused-ring (bicyclic) bond motifs is 1. The van der Waals surface area contributed by atoms with Crippen LogP contribution in [0.3, 0.4) is 0 Å². The minimum atomic E-state index is 0.621. The van der Waals surface area contributed by atoms with E-state index in [1.165, 1.54) is 11.1 Å². The first-order chi connectivity index (χ1) is 6.95. The van der Waals surface area contributed by atoms with Crippen molar-refractivity contribution in [2.75, 3.05) is 0 Å². The molecule has 0 radical (unpaired) electrons. The molecule has 0 atom stereocenters. The Bertz CT molecular complexity index is 499. The van der Waals surface area contributed by atoms with E-state index in [0.717, 1.165) is 0 Å². The van der Waals surface area contributed by atoms with Gasteiger partial charge in [0.25, 0.3) is 0 Å². The fraction of sp³-hybridized carbons (Fsp3) is 0. The fourth-order valence-electron chi connectivity index (χ4n) is 1.47. The molecule has 0 saturated carbocycles. The van der Waals surface area contributed by atoms with E-state index in [9.17, 15) is 0 Å². The molecule has 0 spiro atoms. The molecule has 0 nitrogen and oxygen atoms in total. The molecule has 0 N–H and O–H groups in total. The van der Waals surface area contributed by atoms with Crippen LogP contribution in [-0.2, 0) is 0 Å². The van der Waals surface area contributed by atoms with Gasteiger partial charge < -0.3 is 0 Å². The molecule has 0 aromatic carbocycles. The van der Waals surface area contributed by atoms with Gasteiger partial charge in [0, 0.05) is 0 Å². The predicted molar refractivity (Wildman–Crippen MR) is 67.9 cm³/mol. The number of hydrogen-bond donors (Lipinski definition) is 0. The molecule has 0 bridgehead atoms. The summed E-state index contributed by atoms with van der Waals surface area (Å²) in [4.78, 5) is 0. The van der Waals surface area contributed by atoms with Crippen molar-refractivity contribution in [3.8, 4) is 0 Å². The van der Waals surface area contributed by atoms with Crippen molar-refractivity contribution in [2.24, 2.45) is 0 Å². The Morgan fingerprint density at radius 3 is 2.50 bits per heavy atom. The van der Waals surface area contributed by atoms with E-state index in [4.69, 9.17) is 0 Å². The van der Waals surface area contributed by atoms with E-state index >= 15 is 0 Å². The molecule has 0 aliphatic heterocycles. The third kappa shape index (κ3) is 1.57. The molecule has 4 heteroatoms. The van der Waals surface area contributed by atoms with Crippen LogP contribution in [-0.4, -0.2) is 26.7 Å². The molecule has 1 aromatic heterocycles. The van der Waals surface area contributed by atoms with E-state index in [1.54, 1.807) is 8.87 Å². The molecule has 1 heterocycles. The van der Waals surface area contributed by atoms with Gasteiger partial charge >= 0.3 is 101 Å². The van der Waals surface area contributed by atoms with Crippen LogP contribution in [0.5, 0.6) is 0 Å². The van der Waals surface area contributed by atoms with E-state index in [2.05, 4.69) is 53.9 Å². The van der Waals surface area contributed by atoms with Gasteiger partial charge in [-0.05, 0) is 0 Å². The van der Waals surface area contributed by atoms with Crippen LogP contribution in [0, 0.1) is 0 Å². The van der Waals surface area contributed by atoms with Crippen LogP contribution in [0.2, 0.25) is 0 Å². The second-order valence-electron chi connectivity index (χ2n) is 2.92. The molecule has 2 aliphatic rings. The first-order valence-corrected chi connectivity index (χ1v) is 12.1. The standard InChI is InChI=1S/C10H6S2Se2/c1-2-4-7(3-1)8-5-6-9-10(8)14-12-11-13-9/h1-6H. The molecule has 1 aromatic rings. The van der Waals surface area contributed by atoms with Crippen molar-refractivity contribution in [1.29, 1.82) is 0 Å². The summed E-state index contributed by atoms with van der Waals surface area (Å²) in [5.41, 5.74) is 2.89. The third-order valence-electron chi connectivity index (χ3n) is 2.11. The van der Waals surface area contributed by atoms with Crippen LogP contribution in [0.15, 0.2) is 36.0 Å². The molecule has 0 saturated heterocycles.